The van der Waals surface area contributed by atoms with E-state index in [-0.39, 0.29) is 0 Å². The Morgan fingerprint density at radius 1 is 1.70 bits per heavy atom. The van der Waals surface area contributed by atoms with Gasteiger partial charge in [-0.3, -0.25) is 0 Å². The van der Waals surface area contributed by atoms with Crippen molar-refractivity contribution in [2.45, 2.75) is 6.92 Å². The van der Waals surface area contributed by atoms with Gasteiger partial charge in [-0.05, 0) is 6.92 Å². The lowest BCUT2D eigenvalue weighted by atomic mass is 10.5. The molecule has 0 aliphatic carbocycles. The Labute approximate surface area is 62.8 Å². The lowest BCUT2D eigenvalue weighted by Gasteiger charge is -2.15. The molecule has 0 saturated heterocycles. The van der Waals surface area contributed by atoms with Gasteiger partial charge in [0.15, 0.2) is 0 Å². The summed E-state index contributed by atoms with van der Waals surface area (Å²) in [4.78, 5) is 2.09. The van der Waals surface area contributed by atoms with E-state index in [4.69, 9.17) is 4.74 Å². The fourth-order valence-electron chi connectivity index (χ4n) is 0.652. The lowest BCUT2D eigenvalue weighted by Crippen LogP contribution is -2.20. The van der Waals surface area contributed by atoms with Gasteiger partial charge in [0.05, 0.1) is 6.61 Å². The summed E-state index contributed by atoms with van der Waals surface area (Å²) in [5.74, 6) is 0. The molecular formula is C8H15NO. The average Bonchev–Trinajstić information content (AvgIpc) is 1.98. The summed E-state index contributed by atoms with van der Waals surface area (Å²) in [7, 11) is 1.70. The van der Waals surface area contributed by atoms with Gasteiger partial charge < -0.3 is 9.64 Å². The summed E-state index contributed by atoms with van der Waals surface area (Å²) >= 11 is 0. The van der Waals surface area contributed by atoms with Crippen LogP contribution in [0.3, 0.4) is 0 Å². The van der Waals surface area contributed by atoms with Gasteiger partial charge in [-0.2, -0.15) is 0 Å². The molecule has 0 aromatic carbocycles. The van der Waals surface area contributed by atoms with Crippen LogP contribution in [0.4, 0.5) is 0 Å². The van der Waals surface area contributed by atoms with Gasteiger partial charge in [-0.25, -0.2) is 0 Å². The van der Waals surface area contributed by atoms with Gasteiger partial charge >= 0.3 is 0 Å². The molecule has 0 atom stereocenters. The zero-order valence-corrected chi connectivity index (χ0v) is 6.76. The van der Waals surface area contributed by atoms with Crippen LogP contribution in [-0.4, -0.2) is 31.7 Å². The van der Waals surface area contributed by atoms with E-state index in [0.717, 1.165) is 19.7 Å². The fourth-order valence-corrected chi connectivity index (χ4v) is 0.652. The molecule has 0 fully saturated rings. The summed E-state index contributed by atoms with van der Waals surface area (Å²) in [6.07, 6.45) is 1.85. The zero-order chi connectivity index (χ0) is 7.82. The molecule has 0 unspecified atom stereocenters. The van der Waals surface area contributed by atoms with E-state index in [9.17, 15) is 0 Å². The Bertz CT molecular complexity index is 116. The zero-order valence-electron chi connectivity index (χ0n) is 6.76. The van der Waals surface area contributed by atoms with E-state index in [2.05, 4.69) is 24.1 Å². The molecule has 0 N–H and O–H groups in total. The second-order valence-electron chi connectivity index (χ2n) is 1.95. The summed E-state index contributed by atoms with van der Waals surface area (Å²) < 4.78 is 4.91. The van der Waals surface area contributed by atoms with Crippen LogP contribution in [0.2, 0.25) is 0 Å². The van der Waals surface area contributed by atoms with Gasteiger partial charge in [-0.15, -0.1) is 5.73 Å². The van der Waals surface area contributed by atoms with E-state index < -0.39 is 0 Å². The molecule has 0 aliphatic rings. The standard InChI is InChI=1S/C8H15NO/c1-4-6-9(5-2)7-8-10-3/h6H,1,5,7-8H2,2-3H3. The first kappa shape index (κ1) is 9.28. The van der Waals surface area contributed by atoms with Crippen molar-refractivity contribution < 1.29 is 4.74 Å². The number of nitrogens with zero attached hydrogens (tertiary/aromatic N) is 1. The predicted molar refractivity (Wildman–Crippen MR) is 42.8 cm³/mol. The molecule has 0 radical (unpaired) electrons. The molecule has 0 aliphatic heterocycles. The largest absolute Gasteiger partial charge is 0.383 e. The molecule has 0 aromatic heterocycles. The number of hydrogen-bond acceptors (Lipinski definition) is 2. The third-order valence-corrected chi connectivity index (χ3v) is 1.26. The molecule has 0 spiro atoms. The lowest BCUT2D eigenvalue weighted by molar-refractivity contribution is 0.171. The second kappa shape index (κ2) is 6.40. The van der Waals surface area contributed by atoms with Crippen molar-refractivity contribution in [2.75, 3.05) is 26.8 Å². The molecule has 2 nitrogen and oxygen atoms in total. The fraction of sp³-hybridized carbons (Fsp3) is 0.625. The van der Waals surface area contributed by atoms with E-state index in [0.29, 0.717) is 0 Å². The Balaban J connectivity index is 3.49. The van der Waals surface area contributed by atoms with Crippen molar-refractivity contribution in [1.82, 2.24) is 4.90 Å². The first-order valence-electron chi connectivity index (χ1n) is 3.44. The number of hydrogen-bond donors (Lipinski definition) is 0. The van der Waals surface area contributed by atoms with Crippen LogP contribution in [0.25, 0.3) is 0 Å². The van der Waals surface area contributed by atoms with E-state index in [1.54, 1.807) is 7.11 Å². The quantitative estimate of drug-likeness (QED) is 0.534. The third-order valence-electron chi connectivity index (χ3n) is 1.26. The van der Waals surface area contributed by atoms with E-state index in [1.165, 1.54) is 0 Å². The normalized spacial score (nSPS) is 8.60. The first-order valence-corrected chi connectivity index (χ1v) is 3.44. The molecule has 0 saturated carbocycles. The minimum Gasteiger partial charge on any atom is -0.383 e. The minimum absolute atomic E-state index is 0.756. The number of likely N-dealkylation sites (N-methyl/N-ethyl adjacent to an activating group) is 1. The summed E-state index contributed by atoms with van der Waals surface area (Å²) in [5, 5.41) is 0. The average molecular weight is 141 g/mol. The molecule has 0 bridgehead atoms. The van der Waals surface area contributed by atoms with E-state index >= 15 is 0 Å². The van der Waals surface area contributed by atoms with Crippen molar-refractivity contribution in [3.8, 4) is 0 Å². The van der Waals surface area contributed by atoms with Crippen LogP contribution in [0, 0.1) is 0 Å². The minimum atomic E-state index is 0.756. The Morgan fingerprint density at radius 3 is 2.80 bits per heavy atom. The van der Waals surface area contributed by atoms with Crippen molar-refractivity contribution in [1.29, 1.82) is 0 Å². The monoisotopic (exact) mass is 141 g/mol. The number of rotatable bonds is 5. The first-order chi connectivity index (χ1) is 4.85. The third kappa shape index (κ3) is 4.19. The molecule has 58 valence electrons. The van der Waals surface area contributed by atoms with Gasteiger partial charge in [0.2, 0.25) is 0 Å². The summed E-state index contributed by atoms with van der Waals surface area (Å²) in [5.41, 5.74) is 2.72. The highest BCUT2D eigenvalue weighted by Gasteiger charge is 1.91. The van der Waals surface area contributed by atoms with Gasteiger partial charge in [-0.1, -0.05) is 6.58 Å². The summed E-state index contributed by atoms with van der Waals surface area (Å²) in [6, 6.07) is 0. The van der Waals surface area contributed by atoms with Gasteiger partial charge in [0.1, 0.15) is 0 Å². The molecule has 0 heterocycles. The van der Waals surface area contributed by atoms with Crippen LogP contribution in [0.1, 0.15) is 6.92 Å². The Hall–Kier alpha value is -0.720. The topological polar surface area (TPSA) is 12.5 Å². The van der Waals surface area contributed by atoms with Gasteiger partial charge in [0.25, 0.3) is 0 Å². The molecule has 2 heteroatoms. The maximum Gasteiger partial charge on any atom is 0.0637 e. The molecular weight excluding hydrogens is 126 g/mol. The SMILES string of the molecule is C=C=CN(CC)CCOC. The highest BCUT2D eigenvalue weighted by molar-refractivity contribution is 4.76. The molecule has 0 amide bonds. The van der Waals surface area contributed by atoms with E-state index in [1.807, 2.05) is 6.20 Å². The van der Waals surface area contributed by atoms with Crippen LogP contribution in [-0.2, 0) is 4.74 Å². The highest BCUT2D eigenvalue weighted by Crippen LogP contribution is 1.86. The molecule has 0 aromatic rings. The number of methoxy groups -OCH3 is 1. The second-order valence-corrected chi connectivity index (χ2v) is 1.95. The van der Waals surface area contributed by atoms with Crippen molar-refractivity contribution in [3.63, 3.8) is 0 Å². The Morgan fingerprint density at radius 2 is 2.40 bits per heavy atom. The Kier molecular flexibility index (Phi) is 5.94. The summed E-state index contributed by atoms with van der Waals surface area (Å²) in [6.45, 7) is 8.23. The van der Waals surface area contributed by atoms with Crippen LogP contribution in [0.15, 0.2) is 18.5 Å². The van der Waals surface area contributed by atoms with Crippen LogP contribution < -0.4 is 0 Å². The molecule has 10 heavy (non-hydrogen) atoms. The molecule has 0 rings (SSSR count). The number of ether oxygens (including phenoxy) is 1. The van der Waals surface area contributed by atoms with Crippen LogP contribution >= 0.6 is 0 Å². The van der Waals surface area contributed by atoms with Gasteiger partial charge in [0, 0.05) is 26.4 Å². The maximum absolute atomic E-state index is 4.91. The maximum atomic E-state index is 4.91. The van der Waals surface area contributed by atoms with Crippen molar-refractivity contribution in [3.05, 3.63) is 18.5 Å². The van der Waals surface area contributed by atoms with Crippen molar-refractivity contribution in [2.24, 2.45) is 0 Å². The van der Waals surface area contributed by atoms with Crippen LogP contribution in [0.5, 0.6) is 0 Å². The predicted octanol–water partition coefficient (Wildman–Crippen LogP) is 1.25. The highest BCUT2D eigenvalue weighted by atomic mass is 16.5. The smallest absolute Gasteiger partial charge is 0.0637 e. The van der Waals surface area contributed by atoms with Crippen molar-refractivity contribution >= 4 is 0 Å².